The number of hydrogen-bond acceptors (Lipinski definition) is 2. The second-order valence-corrected chi connectivity index (χ2v) is 6.48. The van der Waals surface area contributed by atoms with Gasteiger partial charge in [-0.3, -0.25) is 0 Å². The van der Waals surface area contributed by atoms with Gasteiger partial charge in [-0.15, -0.1) is 0 Å². The summed E-state index contributed by atoms with van der Waals surface area (Å²) in [5.74, 6) is 2.68. The van der Waals surface area contributed by atoms with Crippen LogP contribution in [0.25, 0.3) is 0 Å². The van der Waals surface area contributed by atoms with Crippen molar-refractivity contribution < 1.29 is 9.31 Å². The van der Waals surface area contributed by atoms with Gasteiger partial charge in [0.05, 0.1) is 11.2 Å². The maximum absolute atomic E-state index is 5.93. The SMILES string of the molecule is CCCCC[C@H](C)/C=C/B1OC(C)(C)C(C)(C)O1. The van der Waals surface area contributed by atoms with E-state index in [2.05, 4.69) is 53.6 Å². The predicted molar refractivity (Wildman–Crippen MR) is 78.5 cm³/mol. The Bertz CT molecular complexity index is 268. The van der Waals surface area contributed by atoms with Gasteiger partial charge in [-0.2, -0.15) is 0 Å². The first kappa shape index (κ1) is 15.8. The van der Waals surface area contributed by atoms with Crippen LogP contribution in [0.1, 0.15) is 67.2 Å². The van der Waals surface area contributed by atoms with E-state index in [4.69, 9.17) is 9.31 Å². The monoisotopic (exact) mass is 252 g/mol. The smallest absolute Gasteiger partial charge is 0.400 e. The molecule has 0 saturated carbocycles. The molecule has 0 radical (unpaired) electrons. The molecule has 0 aromatic rings. The van der Waals surface area contributed by atoms with Crippen molar-refractivity contribution in [3.8, 4) is 0 Å². The lowest BCUT2D eigenvalue weighted by Gasteiger charge is -2.32. The average molecular weight is 252 g/mol. The average Bonchev–Trinajstić information content (AvgIpc) is 2.45. The molecule has 2 nitrogen and oxygen atoms in total. The summed E-state index contributed by atoms with van der Waals surface area (Å²) >= 11 is 0. The summed E-state index contributed by atoms with van der Waals surface area (Å²) in [5, 5.41) is 0. The van der Waals surface area contributed by atoms with Crippen LogP contribution in [-0.4, -0.2) is 18.3 Å². The first-order valence-corrected chi connectivity index (χ1v) is 7.32. The highest BCUT2D eigenvalue weighted by Crippen LogP contribution is 2.36. The molecule has 0 amide bonds. The third-order valence-corrected chi connectivity index (χ3v) is 4.13. The minimum Gasteiger partial charge on any atom is -0.400 e. The van der Waals surface area contributed by atoms with Crippen LogP contribution in [-0.2, 0) is 9.31 Å². The number of rotatable bonds is 6. The zero-order valence-corrected chi connectivity index (χ0v) is 13.0. The van der Waals surface area contributed by atoms with Crippen molar-refractivity contribution in [3.05, 3.63) is 12.1 Å². The molecule has 0 aromatic carbocycles. The van der Waals surface area contributed by atoms with E-state index in [1.165, 1.54) is 25.7 Å². The van der Waals surface area contributed by atoms with Gasteiger partial charge in [-0.05, 0) is 40.0 Å². The molecule has 1 atom stereocenters. The molecule has 0 unspecified atom stereocenters. The molecular formula is C15H29BO2. The summed E-state index contributed by atoms with van der Waals surface area (Å²) in [4.78, 5) is 0. The van der Waals surface area contributed by atoms with Gasteiger partial charge in [0.15, 0.2) is 0 Å². The fourth-order valence-electron chi connectivity index (χ4n) is 2.06. The Labute approximate surface area is 113 Å². The van der Waals surface area contributed by atoms with Crippen molar-refractivity contribution >= 4 is 7.12 Å². The molecular weight excluding hydrogens is 223 g/mol. The lowest BCUT2D eigenvalue weighted by atomic mass is 9.87. The fraction of sp³-hybridized carbons (Fsp3) is 0.867. The van der Waals surface area contributed by atoms with Crippen LogP contribution in [0.5, 0.6) is 0 Å². The van der Waals surface area contributed by atoms with Gasteiger partial charge in [0.25, 0.3) is 0 Å². The zero-order chi connectivity index (χ0) is 13.8. The number of hydrogen-bond donors (Lipinski definition) is 0. The first-order valence-electron chi connectivity index (χ1n) is 7.32. The topological polar surface area (TPSA) is 18.5 Å². The van der Waals surface area contributed by atoms with E-state index in [0.717, 1.165) is 0 Å². The van der Waals surface area contributed by atoms with Gasteiger partial charge in [0.2, 0.25) is 0 Å². The molecule has 0 aromatic heterocycles. The maximum atomic E-state index is 5.93. The minimum atomic E-state index is -0.229. The summed E-state index contributed by atoms with van der Waals surface area (Å²) in [5.41, 5.74) is -0.457. The summed E-state index contributed by atoms with van der Waals surface area (Å²) < 4.78 is 11.9. The van der Waals surface area contributed by atoms with Gasteiger partial charge in [0, 0.05) is 0 Å². The quantitative estimate of drug-likeness (QED) is 0.515. The minimum absolute atomic E-state index is 0.191. The third kappa shape index (κ3) is 4.13. The Balaban J connectivity index is 2.40. The Kier molecular flexibility index (Phi) is 5.48. The van der Waals surface area contributed by atoms with Crippen molar-refractivity contribution in [1.29, 1.82) is 0 Å². The van der Waals surface area contributed by atoms with E-state index < -0.39 is 0 Å². The number of unbranched alkanes of at least 4 members (excludes halogenated alkanes) is 2. The largest absolute Gasteiger partial charge is 0.486 e. The summed E-state index contributed by atoms with van der Waals surface area (Å²) in [6, 6.07) is 0. The molecule has 0 N–H and O–H groups in total. The van der Waals surface area contributed by atoms with Gasteiger partial charge in [-0.1, -0.05) is 45.2 Å². The highest BCUT2D eigenvalue weighted by molar-refractivity contribution is 6.51. The lowest BCUT2D eigenvalue weighted by Crippen LogP contribution is -2.41. The molecule has 1 saturated heterocycles. The van der Waals surface area contributed by atoms with Crippen LogP contribution < -0.4 is 0 Å². The molecule has 1 heterocycles. The van der Waals surface area contributed by atoms with Crippen LogP contribution in [0.15, 0.2) is 12.1 Å². The Morgan fingerprint density at radius 2 is 1.61 bits per heavy atom. The van der Waals surface area contributed by atoms with Gasteiger partial charge in [-0.25, -0.2) is 0 Å². The van der Waals surface area contributed by atoms with Gasteiger partial charge >= 0.3 is 7.12 Å². The Morgan fingerprint density at radius 3 is 2.11 bits per heavy atom. The van der Waals surface area contributed by atoms with Crippen molar-refractivity contribution in [2.45, 2.75) is 78.4 Å². The molecule has 1 aliphatic rings. The predicted octanol–water partition coefficient (Wildman–Crippen LogP) is 4.39. The van der Waals surface area contributed by atoms with Crippen molar-refractivity contribution in [2.24, 2.45) is 5.92 Å². The lowest BCUT2D eigenvalue weighted by molar-refractivity contribution is 0.00578. The molecule has 3 heteroatoms. The highest BCUT2D eigenvalue weighted by Gasteiger charge is 2.49. The zero-order valence-electron chi connectivity index (χ0n) is 13.0. The highest BCUT2D eigenvalue weighted by atomic mass is 16.7. The van der Waals surface area contributed by atoms with E-state index in [1.54, 1.807) is 0 Å². The van der Waals surface area contributed by atoms with Crippen LogP contribution in [0, 0.1) is 5.92 Å². The van der Waals surface area contributed by atoms with E-state index in [0.29, 0.717) is 5.92 Å². The van der Waals surface area contributed by atoms with Crippen LogP contribution in [0.3, 0.4) is 0 Å². The Hall–Kier alpha value is -0.275. The normalized spacial score (nSPS) is 23.8. The van der Waals surface area contributed by atoms with Crippen molar-refractivity contribution in [1.82, 2.24) is 0 Å². The molecule has 0 aliphatic carbocycles. The van der Waals surface area contributed by atoms with Gasteiger partial charge in [0.1, 0.15) is 0 Å². The van der Waals surface area contributed by atoms with E-state index in [9.17, 15) is 0 Å². The van der Waals surface area contributed by atoms with Crippen LogP contribution in [0.4, 0.5) is 0 Å². The summed E-state index contributed by atoms with van der Waals surface area (Å²) in [7, 11) is -0.191. The third-order valence-electron chi connectivity index (χ3n) is 4.13. The molecule has 0 bridgehead atoms. The first-order chi connectivity index (χ1) is 8.28. The Morgan fingerprint density at radius 1 is 1.06 bits per heavy atom. The summed E-state index contributed by atoms with van der Waals surface area (Å²) in [6.45, 7) is 12.9. The molecule has 1 fully saturated rings. The fourth-order valence-corrected chi connectivity index (χ4v) is 2.06. The summed E-state index contributed by atoms with van der Waals surface area (Å²) in [6.07, 6.45) is 7.41. The molecule has 104 valence electrons. The van der Waals surface area contributed by atoms with Crippen LogP contribution >= 0.6 is 0 Å². The maximum Gasteiger partial charge on any atom is 0.486 e. The van der Waals surface area contributed by atoms with Crippen LogP contribution in [0.2, 0.25) is 0 Å². The van der Waals surface area contributed by atoms with E-state index in [1.807, 2.05) is 0 Å². The van der Waals surface area contributed by atoms with E-state index >= 15 is 0 Å². The van der Waals surface area contributed by atoms with Gasteiger partial charge < -0.3 is 9.31 Å². The molecule has 18 heavy (non-hydrogen) atoms. The number of allylic oxidation sites excluding steroid dienone is 1. The standard InChI is InChI=1S/C15H29BO2/c1-7-8-9-10-13(2)11-12-16-17-14(3,4)15(5,6)18-16/h11-13H,7-10H2,1-6H3/b12-11+/t13-/m0/s1. The second kappa shape index (κ2) is 6.25. The van der Waals surface area contributed by atoms with Crippen molar-refractivity contribution in [2.75, 3.05) is 0 Å². The van der Waals surface area contributed by atoms with E-state index in [-0.39, 0.29) is 18.3 Å². The molecule has 1 rings (SSSR count). The molecule has 1 aliphatic heterocycles. The molecule has 0 spiro atoms. The van der Waals surface area contributed by atoms with Crippen molar-refractivity contribution in [3.63, 3.8) is 0 Å². The second-order valence-electron chi connectivity index (χ2n) is 6.48.